The van der Waals surface area contributed by atoms with Gasteiger partial charge in [0.2, 0.25) is 5.91 Å². The maximum absolute atomic E-state index is 13.9. The number of alkyl carbamates (subject to hydrolysis) is 2. The monoisotopic (exact) mass is 1010 g/mol. The lowest BCUT2D eigenvalue weighted by molar-refractivity contribution is -0.135. The van der Waals surface area contributed by atoms with Crippen molar-refractivity contribution in [3.8, 4) is 39.4 Å². The van der Waals surface area contributed by atoms with Gasteiger partial charge in [0.05, 0.1) is 61.1 Å². The van der Waals surface area contributed by atoms with E-state index in [1.807, 2.05) is 68.9 Å². The number of aliphatic hydroxyl groups is 1. The summed E-state index contributed by atoms with van der Waals surface area (Å²) < 4.78 is 18.5. The molecular formula is C56H71N11O7. The van der Waals surface area contributed by atoms with Gasteiger partial charge in [0.1, 0.15) is 30.0 Å². The molecule has 74 heavy (non-hydrogen) atoms. The fourth-order valence-corrected chi connectivity index (χ4v) is 11.0. The van der Waals surface area contributed by atoms with E-state index in [0.29, 0.717) is 30.9 Å². The fraction of sp³-hybridized carbons (Fsp3) is 0.464. The minimum atomic E-state index is -0.952. The van der Waals surface area contributed by atoms with Crippen LogP contribution < -0.4 is 26.0 Å². The van der Waals surface area contributed by atoms with Crippen molar-refractivity contribution in [3.05, 3.63) is 90.0 Å². The number of aromatic amines is 1. The maximum Gasteiger partial charge on any atom is 0.407 e. The Bertz CT molecular complexity index is 2960. The third-order valence-corrected chi connectivity index (χ3v) is 15.5. The molecule has 0 bridgehead atoms. The highest BCUT2D eigenvalue weighted by Crippen LogP contribution is 2.48. The first-order chi connectivity index (χ1) is 35.6. The average Bonchev–Trinajstić information content (AvgIpc) is 4.29. The Morgan fingerprint density at radius 3 is 2.32 bits per heavy atom. The predicted octanol–water partition coefficient (Wildman–Crippen LogP) is 8.56. The number of ether oxygens (including phenoxy) is 3. The van der Waals surface area contributed by atoms with Gasteiger partial charge in [-0.05, 0) is 85.3 Å². The molecule has 7 atom stereocenters. The molecule has 7 unspecified atom stereocenters. The number of H-pyrrole nitrogens is 1. The Labute approximate surface area is 432 Å². The molecule has 392 valence electrons. The smallest absolute Gasteiger partial charge is 0.407 e. The van der Waals surface area contributed by atoms with Gasteiger partial charge >= 0.3 is 12.2 Å². The van der Waals surface area contributed by atoms with Gasteiger partial charge < -0.3 is 65.9 Å². The number of hydrogen-bond donors (Lipinski definition) is 8. The Morgan fingerprint density at radius 1 is 0.892 bits per heavy atom. The summed E-state index contributed by atoms with van der Waals surface area (Å²) in [5, 5.41) is 42.9. The van der Waals surface area contributed by atoms with Gasteiger partial charge in [-0.2, -0.15) is 0 Å². The van der Waals surface area contributed by atoms with Crippen LogP contribution >= 0.6 is 0 Å². The number of aromatic nitrogens is 3. The van der Waals surface area contributed by atoms with E-state index >= 15 is 0 Å². The van der Waals surface area contributed by atoms with E-state index in [-0.39, 0.29) is 48.6 Å². The van der Waals surface area contributed by atoms with Gasteiger partial charge in [0.15, 0.2) is 6.73 Å². The van der Waals surface area contributed by atoms with Crippen molar-refractivity contribution >= 4 is 46.1 Å². The lowest BCUT2D eigenvalue weighted by atomic mass is 9.93. The zero-order chi connectivity index (χ0) is 52.5. The quantitative estimate of drug-likeness (QED) is 0.0411. The van der Waals surface area contributed by atoms with E-state index in [1.54, 1.807) is 0 Å². The molecule has 4 aliphatic heterocycles. The van der Waals surface area contributed by atoms with Gasteiger partial charge in [-0.25, -0.2) is 14.6 Å². The van der Waals surface area contributed by atoms with Crippen molar-refractivity contribution in [3.63, 3.8) is 0 Å². The molecule has 2 fully saturated rings. The van der Waals surface area contributed by atoms with E-state index in [4.69, 9.17) is 30.0 Å². The second-order valence-corrected chi connectivity index (χ2v) is 20.8. The van der Waals surface area contributed by atoms with Crippen LogP contribution in [0.2, 0.25) is 0 Å². The largest absolute Gasteiger partial charge is 0.472 e. The van der Waals surface area contributed by atoms with Crippen molar-refractivity contribution < 1.29 is 33.7 Å². The maximum atomic E-state index is 13.9. The first-order valence-electron chi connectivity index (χ1n) is 26.0. The number of methoxy groups -OCH3 is 2. The van der Waals surface area contributed by atoms with E-state index in [1.165, 1.54) is 14.2 Å². The van der Waals surface area contributed by atoms with Gasteiger partial charge in [-0.3, -0.25) is 9.69 Å². The second kappa shape index (κ2) is 21.7. The molecule has 8 N–H and O–H groups in total. The number of carbonyl (C=O) groups excluding carboxylic acids is 3. The number of aliphatic hydroxyl groups excluding tert-OH is 1. The Hall–Kier alpha value is -7.18. The highest BCUT2D eigenvalue weighted by Gasteiger charge is 2.41. The molecule has 5 aromatic rings. The minimum Gasteiger partial charge on any atom is -0.472 e. The molecule has 2 saturated heterocycles. The van der Waals surface area contributed by atoms with Crippen molar-refractivity contribution in [2.24, 2.45) is 17.8 Å². The molecule has 0 spiro atoms. The van der Waals surface area contributed by atoms with Gasteiger partial charge in [0, 0.05) is 64.8 Å². The van der Waals surface area contributed by atoms with Gasteiger partial charge in [0.25, 0.3) is 0 Å². The van der Waals surface area contributed by atoms with E-state index in [0.717, 1.165) is 105 Å². The summed E-state index contributed by atoms with van der Waals surface area (Å²) in [4.78, 5) is 50.7. The molecule has 18 heteroatoms. The number of imidazole rings is 1. The third kappa shape index (κ3) is 10.1. The number of hydrogen-bond acceptors (Lipinski definition) is 13. The van der Waals surface area contributed by atoms with Crippen LogP contribution in [0.3, 0.4) is 0 Å². The van der Waals surface area contributed by atoms with Crippen LogP contribution in [-0.4, -0.2) is 117 Å². The van der Waals surface area contributed by atoms with Crippen molar-refractivity contribution in [1.29, 1.82) is 10.8 Å². The average molecular weight is 1010 g/mol. The van der Waals surface area contributed by atoms with E-state index in [2.05, 4.69) is 86.3 Å². The van der Waals surface area contributed by atoms with Crippen LogP contribution in [0.1, 0.15) is 103 Å². The SMILES string of the molecule is CCC(C)C(=N)CC(=N)c1ccc(-c2c3n(c4ccc(-c5cnc(C6CCCN6C(O)C(NC(=O)OC)C(C)C)[nH]5)cc24)COc2cc(C4=CNC(C5CCCN5C(=O)C(NC(=O)OC)C(C)C)N4)ccc2-3)cc1. The predicted molar refractivity (Wildman–Crippen MR) is 285 cm³/mol. The molecule has 2 aromatic heterocycles. The van der Waals surface area contributed by atoms with Crippen LogP contribution in [0.15, 0.2) is 73.1 Å². The van der Waals surface area contributed by atoms with Crippen LogP contribution in [0.5, 0.6) is 5.75 Å². The number of rotatable bonds is 17. The van der Waals surface area contributed by atoms with Crippen molar-refractivity contribution in [1.82, 2.24) is 45.6 Å². The van der Waals surface area contributed by atoms with Crippen LogP contribution in [-0.2, 0) is 21.0 Å². The molecule has 6 heterocycles. The normalized spacial score (nSPS) is 19.9. The summed E-state index contributed by atoms with van der Waals surface area (Å²) in [6, 6.07) is 19.1. The molecule has 0 radical (unpaired) electrons. The van der Waals surface area contributed by atoms with Crippen molar-refractivity contribution in [2.45, 2.75) is 123 Å². The summed E-state index contributed by atoms with van der Waals surface area (Å²) >= 11 is 0. The fourth-order valence-electron chi connectivity index (χ4n) is 11.0. The summed E-state index contributed by atoms with van der Waals surface area (Å²) in [6.07, 6.45) is 5.84. The van der Waals surface area contributed by atoms with Crippen LogP contribution in [0.4, 0.5) is 9.59 Å². The number of amides is 3. The number of nitrogens with one attached hydrogen (secondary N) is 7. The summed E-state index contributed by atoms with van der Waals surface area (Å²) in [5.41, 5.74) is 10.2. The zero-order valence-electron chi connectivity index (χ0n) is 43.7. The minimum absolute atomic E-state index is 0.0536. The molecule has 0 saturated carbocycles. The third-order valence-electron chi connectivity index (χ3n) is 15.5. The van der Waals surface area contributed by atoms with Gasteiger partial charge in [-0.15, -0.1) is 0 Å². The topological polar surface area (TPSA) is 235 Å². The number of fused-ring (bicyclic) bond motifs is 5. The number of nitrogens with zero attached hydrogens (tertiary/aromatic N) is 4. The number of likely N-dealkylation sites (tertiary alicyclic amines) is 2. The lowest BCUT2D eigenvalue weighted by Gasteiger charge is -2.35. The van der Waals surface area contributed by atoms with Crippen molar-refractivity contribution in [2.75, 3.05) is 27.3 Å². The Kier molecular flexibility index (Phi) is 15.2. The zero-order valence-corrected chi connectivity index (χ0v) is 43.7. The second-order valence-electron chi connectivity index (χ2n) is 20.8. The summed E-state index contributed by atoms with van der Waals surface area (Å²) in [5.74, 6) is 1.26. The molecule has 4 aliphatic rings. The van der Waals surface area contributed by atoms with E-state index < -0.39 is 30.5 Å². The summed E-state index contributed by atoms with van der Waals surface area (Å²) in [7, 11) is 2.61. The van der Waals surface area contributed by atoms with Crippen LogP contribution in [0.25, 0.3) is 50.2 Å². The van der Waals surface area contributed by atoms with Crippen LogP contribution in [0, 0.1) is 28.6 Å². The molecule has 3 aromatic carbocycles. The molecule has 9 rings (SSSR count). The highest BCUT2D eigenvalue weighted by molar-refractivity contribution is 6.11. The molecule has 3 amide bonds. The van der Waals surface area contributed by atoms with Gasteiger partial charge in [-0.1, -0.05) is 77.9 Å². The highest BCUT2D eigenvalue weighted by atomic mass is 16.5. The molecular weight excluding hydrogens is 939 g/mol. The number of benzene rings is 3. The molecule has 18 nitrogen and oxygen atoms in total. The molecule has 0 aliphatic carbocycles. The first kappa shape index (κ1) is 51.7. The van der Waals surface area contributed by atoms with E-state index in [9.17, 15) is 19.5 Å². The Balaban J connectivity index is 1.03. The number of carbonyl (C=O) groups is 3. The Morgan fingerprint density at radius 2 is 1.61 bits per heavy atom. The lowest BCUT2D eigenvalue weighted by Crippen LogP contribution is -2.57. The summed E-state index contributed by atoms with van der Waals surface area (Å²) in [6.45, 7) is 13.3. The standard InChI is InChI=1S/C56H71N11O7/c1-9-32(6)39(57)26-40(58)33-14-16-34(17-15-33)47-38-24-35(41-27-59-51(61-41)44-12-10-22-65(44)53(68)48(30(2)3)63-55(70)72-7)19-21-43(38)67-29-74-46-25-36(18-20-37(46)50(47)67)42-28-60-52(62-42)45-13-11-23-66(45)54(69)49(31(4)5)64-56(71)73-8/h14-21,24-25,27-28,30-32,44-45,48-49,52-53,57-58,60,62,68H,9-13,22-23,26,29H2,1-8H3,(H,59,61)(H,63,70)(H,64,71). The first-order valence-corrected chi connectivity index (χ1v) is 26.0.